The van der Waals surface area contributed by atoms with Gasteiger partial charge in [0.15, 0.2) is 0 Å². The van der Waals surface area contributed by atoms with Gasteiger partial charge in [0, 0.05) is 43.7 Å². The van der Waals surface area contributed by atoms with E-state index in [-0.39, 0.29) is 23.3 Å². The maximum Gasteiger partial charge on any atom is 0.433 e. The van der Waals surface area contributed by atoms with E-state index in [1.807, 2.05) is 23.6 Å². The smallest absolute Gasteiger partial charge is 0.340 e. The molecular weight excluding hydrogens is 333 g/mol. The average Bonchev–Trinajstić information content (AvgIpc) is 2.57. The van der Waals surface area contributed by atoms with Crippen molar-refractivity contribution in [3.05, 3.63) is 18.0 Å². The number of alkyl halides is 3. The van der Waals surface area contributed by atoms with E-state index in [0.717, 1.165) is 31.5 Å². The summed E-state index contributed by atoms with van der Waals surface area (Å²) in [6.45, 7) is 5.86. The molecule has 1 atom stereocenters. The number of hydrogen-bond acceptors (Lipinski definition) is 4. The van der Waals surface area contributed by atoms with Crippen LogP contribution in [0.1, 0.15) is 45.2 Å². The molecule has 2 saturated heterocycles. The van der Waals surface area contributed by atoms with Crippen molar-refractivity contribution in [3.8, 4) is 0 Å². The van der Waals surface area contributed by atoms with Crippen molar-refractivity contribution in [1.29, 1.82) is 0 Å². The highest BCUT2D eigenvalue weighted by atomic mass is 19.4. The lowest BCUT2D eigenvalue weighted by Gasteiger charge is -2.49. The summed E-state index contributed by atoms with van der Waals surface area (Å²) >= 11 is 0. The van der Waals surface area contributed by atoms with E-state index in [2.05, 4.69) is 9.97 Å². The second-order valence-electron chi connectivity index (χ2n) is 7.38. The predicted molar refractivity (Wildman–Crippen MR) is 87.0 cm³/mol. The predicted octanol–water partition coefficient (Wildman–Crippen LogP) is 3.11. The Hall–Kier alpha value is -1.86. The Bertz CT molecular complexity index is 649. The van der Waals surface area contributed by atoms with Gasteiger partial charge in [0.25, 0.3) is 0 Å². The van der Waals surface area contributed by atoms with Crippen molar-refractivity contribution in [3.63, 3.8) is 0 Å². The van der Waals surface area contributed by atoms with Gasteiger partial charge in [0.2, 0.25) is 11.9 Å². The van der Waals surface area contributed by atoms with Crippen LogP contribution in [0.25, 0.3) is 0 Å². The Balaban J connectivity index is 1.81. The van der Waals surface area contributed by atoms with Gasteiger partial charge in [0.1, 0.15) is 5.69 Å². The monoisotopic (exact) mass is 356 g/mol. The third-order valence-electron chi connectivity index (χ3n) is 5.20. The number of aromatic nitrogens is 2. The Morgan fingerprint density at radius 2 is 2.00 bits per heavy atom. The van der Waals surface area contributed by atoms with E-state index >= 15 is 0 Å². The zero-order valence-corrected chi connectivity index (χ0v) is 14.5. The first-order valence-corrected chi connectivity index (χ1v) is 8.65. The summed E-state index contributed by atoms with van der Waals surface area (Å²) in [6.07, 6.45) is -0.215. The first-order valence-electron chi connectivity index (χ1n) is 8.65. The average molecular weight is 356 g/mol. The fraction of sp³-hybridized carbons (Fsp3) is 0.706. The lowest BCUT2D eigenvalue weighted by Crippen LogP contribution is -2.55. The van der Waals surface area contributed by atoms with Crippen LogP contribution in [0.3, 0.4) is 0 Å². The molecule has 2 fully saturated rings. The minimum absolute atomic E-state index is 0.0893. The lowest BCUT2D eigenvalue weighted by atomic mass is 9.73. The van der Waals surface area contributed by atoms with Crippen LogP contribution in [0, 0.1) is 5.41 Å². The quantitative estimate of drug-likeness (QED) is 0.817. The zero-order valence-electron chi connectivity index (χ0n) is 14.5. The van der Waals surface area contributed by atoms with Crippen LogP contribution in [0.15, 0.2) is 12.3 Å². The highest BCUT2D eigenvalue weighted by Gasteiger charge is 2.43. The van der Waals surface area contributed by atoms with Gasteiger partial charge in [-0.15, -0.1) is 0 Å². The van der Waals surface area contributed by atoms with E-state index < -0.39 is 11.9 Å². The number of rotatable bonds is 2. The number of piperidine rings is 2. The molecule has 0 aromatic carbocycles. The van der Waals surface area contributed by atoms with E-state index in [1.165, 1.54) is 0 Å². The molecule has 0 aliphatic carbocycles. The molecule has 8 heteroatoms. The van der Waals surface area contributed by atoms with Crippen LogP contribution < -0.4 is 4.90 Å². The third-order valence-corrected chi connectivity index (χ3v) is 5.20. The molecule has 2 aliphatic heterocycles. The van der Waals surface area contributed by atoms with Gasteiger partial charge in [-0.05, 0) is 39.2 Å². The first-order chi connectivity index (χ1) is 11.7. The minimum atomic E-state index is -4.48. The van der Waals surface area contributed by atoms with Crippen molar-refractivity contribution in [2.75, 3.05) is 24.5 Å². The molecule has 1 amide bonds. The van der Waals surface area contributed by atoms with Gasteiger partial charge in [-0.1, -0.05) is 0 Å². The molecule has 2 aliphatic rings. The van der Waals surface area contributed by atoms with Gasteiger partial charge < -0.3 is 9.80 Å². The summed E-state index contributed by atoms with van der Waals surface area (Å²) in [5.74, 6) is 0.287. The molecule has 1 aromatic rings. The van der Waals surface area contributed by atoms with Crippen LogP contribution >= 0.6 is 0 Å². The first kappa shape index (κ1) is 17.9. The molecule has 0 radical (unpaired) electrons. The standard InChI is InChI=1S/C17H23F3N4O/c1-12(2)24-11-16(7-4-14(24)25)6-3-9-23(10-16)15-21-8-5-13(22-15)17(18,19)20/h5,8,12H,3-4,6-7,9-11H2,1-2H3/t16-/m1/s1. The normalized spacial score (nSPS) is 25.1. The number of carbonyl (C=O) groups excluding carboxylic acids is 1. The van der Waals surface area contributed by atoms with E-state index in [0.29, 0.717) is 26.1 Å². The molecule has 0 saturated carbocycles. The lowest BCUT2D eigenvalue weighted by molar-refractivity contribution is -0.141. The molecule has 0 bridgehead atoms. The molecule has 3 heterocycles. The van der Waals surface area contributed by atoms with Crippen LogP contribution in [-0.2, 0) is 11.0 Å². The van der Waals surface area contributed by atoms with Crippen LogP contribution in [0.4, 0.5) is 19.1 Å². The molecule has 5 nitrogen and oxygen atoms in total. The van der Waals surface area contributed by atoms with E-state index in [9.17, 15) is 18.0 Å². The summed E-state index contributed by atoms with van der Waals surface area (Å²) in [4.78, 5) is 23.6. The Morgan fingerprint density at radius 3 is 2.68 bits per heavy atom. The minimum Gasteiger partial charge on any atom is -0.340 e. The van der Waals surface area contributed by atoms with Gasteiger partial charge >= 0.3 is 6.18 Å². The zero-order chi connectivity index (χ0) is 18.2. The van der Waals surface area contributed by atoms with Gasteiger partial charge in [-0.2, -0.15) is 13.2 Å². The maximum atomic E-state index is 12.9. The van der Waals surface area contributed by atoms with Gasteiger partial charge in [-0.25, -0.2) is 9.97 Å². The molecule has 1 spiro atoms. The van der Waals surface area contributed by atoms with Crippen molar-refractivity contribution in [1.82, 2.24) is 14.9 Å². The number of likely N-dealkylation sites (tertiary alicyclic amines) is 1. The Labute approximate surface area is 145 Å². The molecular formula is C17H23F3N4O. The summed E-state index contributed by atoms with van der Waals surface area (Å²) < 4.78 is 38.7. The number of carbonyl (C=O) groups is 1. The van der Waals surface area contributed by atoms with Crippen LogP contribution in [-0.4, -0.2) is 46.5 Å². The topological polar surface area (TPSA) is 49.3 Å². The van der Waals surface area contributed by atoms with Crippen molar-refractivity contribution in [2.24, 2.45) is 5.41 Å². The highest BCUT2D eigenvalue weighted by Crippen LogP contribution is 2.40. The summed E-state index contributed by atoms with van der Waals surface area (Å²) in [5, 5.41) is 0. The number of amides is 1. The van der Waals surface area contributed by atoms with Crippen molar-refractivity contribution in [2.45, 2.75) is 51.7 Å². The van der Waals surface area contributed by atoms with Crippen LogP contribution in [0.5, 0.6) is 0 Å². The summed E-state index contributed by atoms with van der Waals surface area (Å²) in [7, 11) is 0. The number of halogens is 3. The third kappa shape index (κ3) is 3.72. The maximum absolute atomic E-state index is 12.9. The van der Waals surface area contributed by atoms with Crippen molar-refractivity contribution >= 4 is 11.9 Å². The fourth-order valence-electron chi connectivity index (χ4n) is 3.89. The Kier molecular flexibility index (Phi) is 4.64. The summed E-state index contributed by atoms with van der Waals surface area (Å²) in [5.41, 5.74) is -1.01. The van der Waals surface area contributed by atoms with Gasteiger partial charge in [0.05, 0.1) is 0 Å². The fourth-order valence-corrected chi connectivity index (χ4v) is 3.89. The molecule has 3 rings (SSSR count). The second kappa shape index (κ2) is 6.46. The molecule has 0 unspecified atom stereocenters. The molecule has 0 N–H and O–H groups in total. The van der Waals surface area contributed by atoms with Gasteiger partial charge in [-0.3, -0.25) is 4.79 Å². The van der Waals surface area contributed by atoms with E-state index in [4.69, 9.17) is 0 Å². The Morgan fingerprint density at radius 1 is 1.24 bits per heavy atom. The molecule has 1 aromatic heterocycles. The van der Waals surface area contributed by atoms with Crippen LogP contribution in [0.2, 0.25) is 0 Å². The highest BCUT2D eigenvalue weighted by molar-refractivity contribution is 5.77. The SMILES string of the molecule is CC(C)N1C[C@]2(CCCN(c3nccc(C(F)(F)F)n3)C2)CCC1=O. The number of nitrogens with zero attached hydrogens (tertiary/aromatic N) is 4. The molecule has 25 heavy (non-hydrogen) atoms. The van der Waals surface area contributed by atoms with Crippen molar-refractivity contribution < 1.29 is 18.0 Å². The van der Waals surface area contributed by atoms with E-state index in [1.54, 1.807) is 0 Å². The number of hydrogen-bond donors (Lipinski definition) is 0. The largest absolute Gasteiger partial charge is 0.433 e. The number of anilines is 1. The molecule has 138 valence electrons. The summed E-state index contributed by atoms with van der Waals surface area (Å²) in [6, 6.07) is 1.02. The second-order valence-corrected chi connectivity index (χ2v) is 7.38.